The minimum atomic E-state index is -0.724. The van der Waals surface area contributed by atoms with Crippen LogP contribution >= 0.6 is 0 Å². The molecule has 2 heterocycles. The van der Waals surface area contributed by atoms with Crippen molar-refractivity contribution in [1.82, 2.24) is 0 Å². The highest BCUT2D eigenvalue weighted by atomic mass is 16.5. The van der Waals surface area contributed by atoms with Crippen molar-refractivity contribution in [2.75, 3.05) is 0 Å². The Morgan fingerprint density at radius 2 is 2.00 bits per heavy atom. The molecule has 0 aromatic carbocycles. The van der Waals surface area contributed by atoms with Crippen molar-refractivity contribution in [2.45, 2.75) is 89.4 Å². The number of unbranched alkanes of at least 4 members (excludes halogenated alkanes) is 3. The van der Waals surface area contributed by atoms with Gasteiger partial charge in [0.05, 0.1) is 18.3 Å². The molecule has 2 rings (SSSR count). The molecule has 0 amide bonds. The highest BCUT2D eigenvalue weighted by Crippen LogP contribution is 2.45. The number of allylic oxidation sites excluding steroid dienone is 2. The summed E-state index contributed by atoms with van der Waals surface area (Å²) in [6, 6.07) is 0. The normalized spacial score (nSPS) is 29.8. The van der Waals surface area contributed by atoms with Crippen molar-refractivity contribution in [2.24, 2.45) is 11.8 Å². The predicted octanol–water partition coefficient (Wildman–Crippen LogP) is 4.48. The molecular formula is C21H34O4. The summed E-state index contributed by atoms with van der Waals surface area (Å²) < 4.78 is 6.09. The van der Waals surface area contributed by atoms with Crippen molar-refractivity contribution in [3.05, 3.63) is 24.3 Å². The molecule has 0 aromatic rings. The molecule has 4 heteroatoms. The van der Waals surface area contributed by atoms with Gasteiger partial charge in [-0.25, -0.2) is 0 Å². The van der Waals surface area contributed by atoms with E-state index >= 15 is 0 Å². The Kier molecular flexibility index (Phi) is 8.70. The van der Waals surface area contributed by atoms with E-state index in [1.165, 1.54) is 12.8 Å². The summed E-state index contributed by atoms with van der Waals surface area (Å²) in [5, 5.41) is 18.8. The first-order chi connectivity index (χ1) is 12.1. The molecule has 2 aliphatic heterocycles. The first-order valence-electron chi connectivity index (χ1n) is 10.0. The summed E-state index contributed by atoms with van der Waals surface area (Å²) >= 11 is 0. The Bertz CT molecular complexity index is 457. The third kappa shape index (κ3) is 6.59. The molecule has 142 valence electrons. The van der Waals surface area contributed by atoms with E-state index in [2.05, 4.69) is 25.2 Å². The number of aliphatic hydroxyl groups excluding tert-OH is 1. The number of aliphatic hydroxyl groups is 1. The standard InChI is InChI=1S/C21H34O4/c1-2-3-6-9-16(22)12-13-18-17(19-14-15-20(18)25-19)10-7-4-5-8-11-21(23)24/h4,7,12-13,16-20,22H,2-3,5-6,8-11,14-15H2,1H3,(H,23,24)/t16?,17-,18+,19-,20+/m0/s1. The zero-order chi connectivity index (χ0) is 18.1. The Hall–Kier alpha value is -1.13. The number of aliphatic carboxylic acids is 1. The maximum atomic E-state index is 10.5. The molecule has 2 saturated heterocycles. The van der Waals surface area contributed by atoms with Gasteiger partial charge < -0.3 is 14.9 Å². The zero-order valence-corrected chi connectivity index (χ0v) is 15.5. The molecule has 25 heavy (non-hydrogen) atoms. The molecule has 1 unspecified atom stereocenters. The highest BCUT2D eigenvalue weighted by molar-refractivity contribution is 5.66. The van der Waals surface area contributed by atoms with Crippen LogP contribution in [-0.4, -0.2) is 34.5 Å². The van der Waals surface area contributed by atoms with Crippen molar-refractivity contribution >= 4 is 5.97 Å². The fourth-order valence-electron chi connectivity index (χ4n) is 4.09. The Labute approximate surface area is 152 Å². The second-order valence-corrected chi connectivity index (χ2v) is 7.47. The largest absolute Gasteiger partial charge is 0.481 e. The van der Waals surface area contributed by atoms with E-state index < -0.39 is 5.97 Å². The molecule has 0 aromatic heterocycles. The summed E-state index contributed by atoms with van der Waals surface area (Å²) in [4.78, 5) is 10.5. The van der Waals surface area contributed by atoms with Crippen LogP contribution in [0.5, 0.6) is 0 Å². The van der Waals surface area contributed by atoms with Crippen molar-refractivity contribution < 1.29 is 19.7 Å². The summed E-state index contributed by atoms with van der Waals surface area (Å²) in [6.45, 7) is 2.18. The Balaban J connectivity index is 1.78. The minimum absolute atomic E-state index is 0.239. The number of rotatable bonds is 12. The SMILES string of the molecule is CCCCCC(O)C=C[C@@H]1[C@H](CC=CCCCC(=O)O)[C@@H]2CC[C@H]1O2. The zero-order valence-electron chi connectivity index (χ0n) is 15.5. The number of hydrogen-bond acceptors (Lipinski definition) is 3. The van der Waals surface area contributed by atoms with Gasteiger partial charge >= 0.3 is 5.97 Å². The summed E-state index contributed by atoms with van der Waals surface area (Å²) in [7, 11) is 0. The van der Waals surface area contributed by atoms with E-state index in [4.69, 9.17) is 9.84 Å². The number of fused-ring (bicyclic) bond motifs is 2. The van der Waals surface area contributed by atoms with Crippen molar-refractivity contribution in [3.63, 3.8) is 0 Å². The molecule has 0 radical (unpaired) electrons. The molecule has 0 spiro atoms. The van der Waals surface area contributed by atoms with Crippen LogP contribution in [0.25, 0.3) is 0 Å². The third-order valence-corrected chi connectivity index (χ3v) is 5.48. The van der Waals surface area contributed by atoms with E-state index in [0.717, 1.165) is 38.5 Å². The van der Waals surface area contributed by atoms with Gasteiger partial charge in [0.25, 0.3) is 0 Å². The van der Waals surface area contributed by atoms with Crippen molar-refractivity contribution in [3.8, 4) is 0 Å². The molecule has 2 bridgehead atoms. The number of carbonyl (C=O) groups is 1. The van der Waals surface area contributed by atoms with Crippen LogP contribution in [0.15, 0.2) is 24.3 Å². The van der Waals surface area contributed by atoms with Gasteiger partial charge in [-0.2, -0.15) is 0 Å². The topological polar surface area (TPSA) is 66.8 Å². The second-order valence-electron chi connectivity index (χ2n) is 7.47. The quantitative estimate of drug-likeness (QED) is 0.402. The van der Waals surface area contributed by atoms with Gasteiger partial charge in [-0.1, -0.05) is 50.5 Å². The maximum Gasteiger partial charge on any atom is 0.303 e. The minimum Gasteiger partial charge on any atom is -0.481 e. The number of hydrogen-bond donors (Lipinski definition) is 2. The molecule has 5 atom stereocenters. The van der Waals surface area contributed by atoms with E-state index in [-0.39, 0.29) is 12.5 Å². The summed E-state index contributed by atoms with van der Waals surface area (Å²) in [5.74, 6) is 0.175. The molecule has 2 N–H and O–H groups in total. The molecule has 2 aliphatic rings. The van der Waals surface area contributed by atoms with Crippen LogP contribution in [0, 0.1) is 11.8 Å². The molecule has 4 nitrogen and oxygen atoms in total. The average Bonchev–Trinajstić information content (AvgIpc) is 3.17. The van der Waals surface area contributed by atoms with Gasteiger partial charge in [0.2, 0.25) is 0 Å². The van der Waals surface area contributed by atoms with Crippen LogP contribution in [-0.2, 0) is 9.53 Å². The lowest BCUT2D eigenvalue weighted by molar-refractivity contribution is -0.137. The fraction of sp³-hybridized carbons (Fsp3) is 0.762. The fourth-order valence-corrected chi connectivity index (χ4v) is 4.09. The number of carboxylic acid groups (broad SMARTS) is 1. The van der Waals surface area contributed by atoms with Crippen LogP contribution in [0.3, 0.4) is 0 Å². The monoisotopic (exact) mass is 350 g/mol. The number of ether oxygens (including phenoxy) is 1. The van der Waals surface area contributed by atoms with Gasteiger partial charge in [-0.05, 0) is 44.4 Å². The maximum absolute atomic E-state index is 10.5. The van der Waals surface area contributed by atoms with Gasteiger partial charge in [-0.15, -0.1) is 0 Å². The van der Waals surface area contributed by atoms with Crippen LogP contribution in [0.2, 0.25) is 0 Å². The van der Waals surface area contributed by atoms with Crippen molar-refractivity contribution in [1.29, 1.82) is 0 Å². The summed E-state index contributed by atoms with van der Waals surface area (Å²) in [5.41, 5.74) is 0. The van der Waals surface area contributed by atoms with Crippen LogP contribution in [0.4, 0.5) is 0 Å². The first-order valence-corrected chi connectivity index (χ1v) is 10.0. The van der Waals surface area contributed by atoms with Gasteiger partial charge in [0.15, 0.2) is 0 Å². The Morgan fingerprint density at radius 3 is 2.76 bits per heavy atom. The lowest BCUT2D eigenvalue weighted by Gasteiger charge is -2.25. The second kappa shape index (κ2) is 10.8. The predicted molar refractivity (Wildman–Crippen MR) is 99.4 cm³/mol. The van der Waals surface area contributed by atoms with E-state index in [1.807, 2.05) is 6.08 Å². The third-order valence-electron chi connectivity index (χ3n) is 5.48. The highest BCUT2D eigenvalue weighted by Gasteiger charge is 2.46. The van der Waals surface area contributed by atoms with E-state index in [0.29, 0.717) is 30.5 Å². The first kappa shape index (κ1) is 20.2. The van der Waals surface area contributed by atoms with E-state index in [1.54, 1.807) is 0 Å². The van der Waals surface area contributed by atoms with Gasteiger partial charge in [0, 0.05) is 12.3 Å². The molecule has 0 saturated carbocycles. The average molecular weight is 350 g/mol. The lowest BCUT2D eigenvalue weighted by Crippen LogP contribution is -2.25. The molecule has 0 aliphatic carbocycles. The van der Waals surface area contributed by atoms with Gasteiger partial charge in [0.1, 0.15) is 0 Å². The molecule has 2 fully saturated rings. The van der Waals surface area contributed by atoms with Crippen LogP contribution in [0.1, 0.15) is 71.1 Å². The Morgan fingerprint density at radius 1 is 1.20 bits per heavy atom. The summed E-state index contributed by atoms with van der Waals surface area (Å²) in [6.07, 6.45) is 18.1. The van der Waals surface area contributed by atoms with Crippen LogP contribution < -0.4 is 0 Å². The number of carboxylic acids is 1. The van der Waals surface area contributed by atoms with Gasteiger partial charge in [-0.3, -0.25) is 4.79 Å². The molecular weight excluding hydrogens is 316 g/mol. The smallest absolute Gasteiger partial charge is 0.303 e. The lowest BCUT2D eigenvalue weighted by atomic mass is 9.77. The van der Waals surface area contributed by atoms with E-state index in [9.17, 15) is 9.90 Å².